The van der Waals surface area contributed by atoms with Crippen LogP contribution < -0.4 is 26.2 Å². The minimum atomic E-state index is -4.04. The number of anilines is 1. The number of aromatic nitrogens is 4. The van der Waals surface area contributed by atoms with Crippen LogP contribution in [0.3, 0.4) is 0 Å². The second-order valence-electron chi connectivity index (χ2n) is 10.1. The summed E-state index contributed by atoms with van der Waals surface area (Å²) in [6, 6.07) is -2.80. The number of carbonyl (C=O) groups is 3. The molecule has 0 aromatic carbocycles. The van der Waals surface area contributed by atoms with E-state index in [4.69, 9.17) is 24.5 Å². The Labute approximate surface area is 243 Å². The van der Waals surface area contributed by atoms with Gasteiger partial charge in [0.1, 0.15) is 29.9 Å². The van der Waals surface area contributed by atoms with Gasteiger partial charge >= 0.3 is 18.7 Å². The highest BCUT2D eigenvalue weighted by Crippen LogP contribution is 2.57. The number of fused-ring (bicyclic) bond motifs is 1. The maximum absolute atomic E-state index is 13.9. The van der Waals surface area contributed by atoms with Gasteiger partial charge in [-0.05, 0) is 27.7 Å². The van der Waals surface area contributed by atoms with E-state index < -0.39 is 73.5 Å². The average molecular weight is 633 g/mol. The minimum Gasteiger partial charge on any atom is -0.479 e. The van der Waals surface area contributed by atoms with Gasteiger partial charge in [0.05, 0.1) is 26.1 Å². The largest absolute Gasteiger partial charge is 0.479 e. The first-order chi connectivity index (χ1) is 19.6. The average Bonchev–Trinajstić information content (AvgIpc) is 3.53. The molecule has 4 heterocycles. The minimum absolute atomic E-state index is 0.0932. The smallest absolute Gasteiger partial charge is 0.327 e. The molecule has 3 amide bonds. The zero-order valence-electron chi connectivity index (χ0n) is 23.3. The molecule has 18 nitrogen and oxygen atoms in total. The Hall–Kier alpha value is -3.06. The maximum atomic E-state index is 13.9. The van der Waals surface area contributed by atoms with Crippen LogP contribution in [0.1, 0.15) is 33.9 Å². The number of rotatable bonds is 12. The standard InChI is InChI=1S/C22H33N8O10PS/c1-9(2)39-18(33)10(3)29-41(36,42-7-11-16(32)27-21(34)25-11)38-6-12-14(31)22(4,35)19(40-12)30-8-24-13-15(30)26-20(23)28-17(13)37-5/h8-12,14,19,31,35H,6-7H2,1-5H3,(H,29,36)(H2,23,26,28)(H2,25,27,32,34)/t10-,11+,12-,14-,19-,22-,41+/m1/s1. The molecule has 7 atom stereocenters. The van der Waals surface area contributed by atoms with Crippen LogP contribution in [-0.2, 0) is 28.2 Å². The van der Waals surface area contributed by atoms with Gasteiger partial charge in [0, 0.05) is 5.75 Å². The van der Waals surface area contributed by atoms with Crippen LogP contribution in [0, 0.1) is 0 Å². The molecule has 20 heteroatoms. The summed E-state index contributed by atoms with van der Waals surface area (Å²) in [6.45, 7) is 1.48. The molecule has 0 spiro atoms. The number of ether oxygens (including phenoxy) is 3. The number of imidazole rings is 1. The zero-order chi connectivity index (χ0) is 31.0. The number of esters is 1. The highest BCUT2D eigenvalue weighted by Gasteiger charge is 2.54. The van der Waals surface area contributed by atoms with E-state index in [0.29, 0.717) is 11.4 Å². The fraction of sp³-hybridized carbons (Fsp3) is 0.636. The molecule has 0 aliphatic carbocycles. The normalized spacial score (nSPS) is 28.0. The molecule has 0 saturated carbocycles. The van der Waals surface area contributed by atoms with Gasteiger partial charge in [-0.25, -0.2) is 14.9 Å². The first-order valence-electron chi connectivity index (χ1n) is 12.7. The summed E-state index contributed by atoms with van der Waals surface area (Å²) in [7, 11) is 1.38. The van der Waals surface area contributed by atoms with E-state index in [1.165, 1.54) is 31.9 Å². The second kappa shape index (κ2) is 12.3. The number of amides is 3. The number of nitrogens with one attached hydrogen (secondary N) is 3. The van der Waals surface area contributed by atoms with E-state index >= 15 is 0 Å². The summed E-state index contributed by atoms with van der Waals surface area (Å²) < 4.78 is 37.2. The van der Waals surface area contributed by atoms with Crippen molar-refractivity contribution in [2.75, 3.05) is 25.2 Å². The Bertz CT molecular complexity index is 1410. The van der Waals surface area contributed by atoms with Gasteiger partial charge in [-0.3, -0.25) is 24.0 Å². The van der Waals surface area contributed by atoms with E-state index in [1.807, 2.05) is 0 Å². The lowest BCUT2D eigenvalue weighted by molar-refractivity contribution is -0.149. The van der Waals surface area contributed by atoms with Gasteiger partial charge in [-0.1, -0.05) is 11.4 Å². The monoisotopic (exact) mass is 632 g/mol. The number of nitrogens with two attached hydrogens (primary N) is 1. The van der Waals surface area contributed by atoms with E-state index in [1.54, 1.807) is 13.8 Å². The Kier molecular flexibility index (Phi) is 9.31. The topological polar surface area (TPSA) is 251 Å². The second-order valence-corrected chi connectivity index (χ2v) is 14.4. The summed E-state index contributed by atoms with van der Waals surface area (Å²) in [5, 5.41) is 29.3. The molecule has 232 valence electrons. The summed E-state index contributed by atoms with van der Waals surface area (Å²) in [6.07, 6.45) is -3.16. The lowest BCUT2D eigenvalue weighted by Gasteiger charge is -2.27. The summed E-state index contributed by atoms with van der Waals surface area (Å²) in [4.78, 5) is 48.2. The molecule has 2 fully saturated rings. The summed E-state index contributed by atoms with van der Waals surface area (Å²) in [5.74, 6) is -1.53. The molecule has 0 bridgehead atoms. The van der Waals surface area contributed by atoms with Crippen molar-refractivity contribution in [3.8, 4) is 5.88 Å². The Morgan fingerprint density at radius 2 is 2.07 bits per heavy atom. The number of methoxy groups -OCH3 is 1. The van der Waals surface area contributed by atoms with Gasteiger partial charge in [-0.2, -0.15) is 9.97 Å². The maximum Gasteiger partial charge on any atom is 0.327 e. The number of carbonyl (C=O) groups excluding carboxylic acids is 3. The molecule has 0 radical (unpaired) electrons. The lowest BCUT2D eigenvalue weighted by atomic mass is 9.96. The number of hydrogen-bond donors (Lipinski definition) is 6. The highest BCUT2D eigenvalue weighted by molar-refractivity contribution is 8.56. The summed E-state index contributed by atoms with van der Waals surface area (Å²) >= 11 is 0.661. The molecule has 42 heavy (non-hydrogen) atoms. The number of imide groups is 1. The molecule has 2 aromatic rings. The predicted octanol–water partition coefficient (Wildman–Crippen LogP) is -0.578. The van der Waals surface area contributed by atoms with E-state index in [0.717, 1.165) is 0 Å². The lowest BCUT2D eigenvalue weighted by Crippen LogP contribution is -2.44. The Morgan fingerprint density at radius 3 is 2.69 bits per heavy atom. The molecular formula is C22H33N8O10PS. The van der Waals surface area contributed by atoms with Crippen LogP contribution in [0.4, 0.5) is 10.7 Å². The number of aliphatic hydroxyl groups is 2. The van der Waals surface area contributed by atoms with E-state index in [2.05, 4.69) is 30.7 Å². The third-order valence-corrected chi connectivity index (χ3v) is 10.5. The van der Waals surface area contributed by atoms with Gasteiger partial charge in [-0.15, -0.1) is 0 Å². The molecule has 2 aliphatic rings. The van der Waals surface area contributed by atoms with Crippen LogP contribution in [-0.4, -0.2) is 103 Å². The number of nitrogens with zero attached hydrogens (tertiary/aromatic N) is 4. The van der Waals surface area contributed by atoms with Gasteiger partial charge < -0.3 is 40.0 Å². The van der Waals surface area contributed by atoms with Gasteiger partial charge in [0.15, 0.2) is 17.4 Å². The Balaban J connectivity index is 1.53. The fourth-order valence-corrected chi connectivity index (χ4v) is 8.12. The van der Waals surface area contributed by atoms with Crippen molar-refractivity contribution in [2.45, 2.75) is 69.9 Å². The van der Waals surface area contributed by atoms with E-state index in [9.17, 15) is 29.2 Å². The third kappa shape index (κ3) is 6.61. The third-order valence-electron chi connectivity index (χ3n) is 6.34. The Morgan fingerprint density at radius 1 is 1.36 bits per heavy atom. The van der Waals surface area contributed by atoms with Crippen molar-refractivity contribution in [3.05, 3.63) is 6.33 Å². The molecule has 4 rings (SSSR count). The molecule has 7 N–H and O–H groups in total. The van der Waals surface area contributed by atoms with Crippen molar-refractivity contribution in [1.29, 1.82) is 0 Å². The first-order valence-corrected chi connectivity index (χ1v) is 16.0. The number of aliphatic hydroxyl groups excluding tert-OH is 1. The van der Waals surface area contributed by atoms with Crippen molar-refractivity contribution < 1.29 is 47.9 Å². The van der Waals surface area contributed by atoms with Crippen LogP contribution in [0.2, 0.25) is 0 Å². The van der Waals surface area contributed by atoms with Crippen LogP contribution in [0.15, 0.2) is 6.33 Å². The first kappa shape index (κ1) is 31.9. The predicted molar refractivity (Wildman–Crippen MR) is 147 cm³/mol. The fourth-order valence-electron chi connectivity index (χ4n) is 4.25. The SMILES string of the molecule is COc1nc(N)nc2c1ncn2[C@@H]1O[C@H](CO[P@@](=O)(N[C@H](C)C(=O)OC(C)C)SC[C@@H]2NC(=O)NC2=O)[C@@H](O)[C@@]1(C)O. The summed E-state index contributed by atoms with van der Waals surface area (Å²) in [5.41, 5.74) is 4.26. The number of urea groups is 1. The van der Waals surface area contributed by atoms with Crippen molar-refractivity contribution in [1.82, 2.24) is 35.2 Å². The van der Waals surface area contributed by atoms with Crippen LogP contribution in [0.5, 0.6) is 5.88 Å². The van der Waals surface area contributed by atoms with Crippen molar-refractivity contribution in [3.63, 3.8) is 0 Å². The van der Waals surface area contributed by atoms with Crippen LogP contribution in [0.25, 0.3) is 11.2 Å². The molecule has 2 saturated heterocycles. The van der Waals surface area contributed by atoms with E-state index in [-0.39, 0.29) is 28.7 Å². The molecule has 2 aliphatic heterocycles. The number of hydrogen-bond acceptors (Lipinski definition) is 15. The highest BCUT2D eigenvalue weighted by atomic mass is 32.7. The van der Waals surface area contributed by atoms with Crippen molar-refractivity contribution in [2.24, 2.45) is 0 Å². The van der Waals surface area contributed by atoms with Gasteiger partial charge in [0.25, 0.3) is 5.91 Å². The zero-order valence-corrected chi connectivity index (χ0v) is 25.0. The van der Waals surface area contributed by atoms with Crippen LogP contribution >= 0.6 is 18.1 Å². The molecule has 2 aromatic heterocycles. The van der Waals surface area contributed by atoms with Crippen molar-refractivity contribution >= 4 is 53.1 Å². The number of nitrogen functional groups attached to an aromatic ring is 1. The quantitative estimate of drug-likeness (QED) is 0.0972. The van der Waals surface area contributed by atoms with Gasteiger partial charge in [0.2, 0.25) is 11.8 Å². The molecule has 0 unspecified atom stereocenters. The molecular weight excluding hydrogens is 599 g/mol.